The van der Waals surface area contributed by atoms with Gasteiger partial charge in [-0.15, -0.1) is 0 Å². The van der Waals surface area contributed by atoms with Crippen molar-refractivity contribution in [3.8, 4) is 0 Å². The molecule has 0 aliphatic carbocycles. The summed E-state index contributed by atoms with van der Waals surface area (Å²) in [7, 11) is -3.53. The molecule has 0 fully saturated rings. The number of carbonyl (C=O) groups is 2. The fourth-order valence-corrected chi connectivity index (χ4v) is 5.32. The molecule has 0 spiro atoms. The largest absolute Gasteiger partial charge is 0.322 e. The third kappa shape index (κ3) is 7.30. The molecule has 1 amide bonds. The molecule has 6 nitrogen and oxygen atoms in total. The first kappa shape index (κ1) is 29.7. The first-order chi connectivity index (χ1) is 19.2. The van der Waals surface area contributed by atoms with Crippen molar-refractivity contribution in [1.29, 1.82) is 0 Å². The summed E-state index contributed by atoms with van der Waals surface area (Å²) in [4.78, 5) is 26.1. The molecule has 0 heterocycles. The van der Waals surface area contributed by atoms with Gasteiger partial charge in [0.05, 0.1) is 18.5 Å². The van der Waals surface area contributed by atoms with Crippen LogP contribution in [0.2, 0.25) is 0 Å². The van der Waals surface area contributed by atoms with Gasteiger partial charge >= 0.3 is 0 Å². The number of rotatable bonds is 8. The Balaban J connectivity index is 1.46. The third-order valence-corrected chi connectivity index (χ3v) is 8.26. The van der Waals surface area contributed by atoms with Crippen molar-refractivity contribution < 1.29 is 18.0 Å². The average Bonchev–Trinajstić information content (AvgIpc) is 2.92. The highest BCUT2D eigenvalue weighted by Gasteiger charge is 2.19. The van der Waals surface area contributed by atoms with Gasteiger partial charge in [-0.1, -0.05) is 75.4 Å². The monoisotopic (exact) mass is 568 g/mol. The lowest BCUT2D eigenvalue weighted by Crippen LogP contribution is -2.29. The highest BCUT2D eigenvalue weighted by atomic mass is 32.2. The molecule has 212 valence electrons. The molecule has 0 atom stereocenters. The van der Waals surface area contributed by atoms with E-state index in [-0.39, 0.29) is 23.7 Å². The molecule has 0 aromatic heterocycles. The fourth-order valence-electron chi connectivity index (χ4n) is 4.44. The summed E-state index contributed by atoms with van der Waals surface area (Å²) in [5.41, 5.74) is 6.57. The third-order valence-electron chi connectivity index (χ3n) is 7.12. The van der Waals surface area contributed by atoms with Crippen LogP contribution in [0.1, 0.15) is 69.3 Å². The molecular formula is C34H36N2O4S. The Labute approximate surface area is 243 Å². The minimum Gasteiger partial charge on any atom is -0.322 e. The summed E-state index contributed by atoms with van der Waals surface area (Å²) in [6.07, 6.45) is 1.18. The van der Waals surface area contributed by atoms with E-state index in [0.29, 0.717) is 28.1 Å². The maximum atomic E-state index is 13.1. The Morgan fingerprint density at radius 1 is 0.756 bits per heavy atom. The van der Waals surface area contributed by atoms with Gasteiger partial charge in [0.15, 0.2) is 5.78 Å². The van der Waals surface area contributed by atoms with Crippen molar-refractivity contribution in [2.75, 3.05) is 15.9 Å². The second-order valence-electron chi connectivity index (χ2n) is 11.4. The lowest BCUT2D eigenvalue weighted by atomic mass is 9.86. The van der Waals surface area contributed by atoms with Gasteiger partial charge in [-0.25, -0.2) is 8.42 Å². The van der Waals surface area contributed by atoms with Crippen molar-refractivity contribution in [3.63, 3.8) is 0 Å². The molecule has 0 radical (unpaired) electrons. The van der Waals surface area contributed by atoms with Crippen molar-refractivity contribution in [1.82, 2.24) is 0 Å². The maximum Gasteiger partial charge on any atom is 0.255 e. The quantitative estimate of drug-likeness (QED) is 0.231. The number of aryl methyl sites for hydroxylation is 2. The molecule has 41 heavy (non-hydrogen) atoms. The second kappa shape index (κ2) is 11.7. The van der Waals surface area contributed by atoms with Crippen molar-refractivity contribution in [3.05, 3.63) is 130 Å². The predicted octanol–water partition coefficient (Wildman–Crippen LogP) is 7.05. The van der Waals surface area contributed by atoms with Crippen LogP contribution >= 0.6 is 0 Å². The molecule has 0 aliphatic rings. The van der Waals surface area contributed by atoms with Crippen molar-refractivity contribution in [2.45, 2.75) is 46.6 Å². The highest BCUT2D eigenvalue weighted by Crippen LogP contribution is 2.25. The van der Waals surface area contributed by atoms with Gasteiger partial charge in [0.25, 0.3) is 5.91 Å². The predicted molar refractivity (Wildman–Crippen MR) is 166 cm³/mol. The van der Waals surface area contributed by atoms with Gasteiger partial charge in [-0.05, 0) is 77.9 Å². The number of benzene rings is 4. The Bertz CT molecular complexity index is 1680. The van der Waals surface area contributed by atoms with E-state index in [1.807, 2.05) is 50.2 Å². The van der Waals surface area contributed by atoms with Crippen LogP contribution in [0.3, 0.4) is 0 Å². The van der Waals surface area contributed by atoms with Gasteiger partial charge in [0, 0.05) is 22.4 Å². The number of sulfonamides is 1. The number of carbonyl (C=O) groups excluding carboxylic acids is 2. The molecule has 0 saturated heterocycles. The zero-order valence-corrected chi connectivity index (χ0v) is 25.2. The van der Waals surface area contributed by atoms with Crippen LogP contribution < -0.4 is 9.62 Å². The van der Waals surface area contributed by atoms with Crippen LogP contribution in [0, 0.1) is 13.8 Å². The van der Waals surface area contributed by atoms with E-state index in [1.165, 1.54) is 10.6 Å². The summed E-state index contributed by atoms with van der Waals surface area (Å²) < 4.78 is 26.5. The van der Waals surface area contributed by atoms with Crippen LogP contribution in [0.15, 0.2) is 91.0 Å². The number of nitrogens with one attached hydrogen (secondary N) is 1. The number of nitrogens with zero attached hydrogens (tertiary/aromatic N) is 1. The number of hydrogen-bond acceptors (Lipinski definition) is 4. The summed E-state index contributed by atoms with van der Waals surface area (Å²) in [5, 5.41) is 2.86. The van der Waals surface area contributed by atoms with Crippen LogP contribution in [-0.4, -0.2) is 26.4 Å². The minimum absolute atomic E-state index is 0.00269. The molecule has 4 aromatic carbocycles. The molecule has 0 saturated carbocycles. The van der Waals surface area contributed by atoms with Crippen LogP contribution in [0.25, 0.3) is 0 Å². The van der Waals surface area contributed by atoms with E-state index in [0.717, 1.165) is 22.3 Å². The topological polar surface area (TPSA) is 83.6 Å². The first-order valence-corrected chi connectivity index (χ1v) is 15.3. The first-order valence-electron chi connectivity index (χ1n) is 13.4. The van der Waals surface area contributed by atoms with E-state index >= 15 is 0 Å². The summed E-state index contributed by atoms with van der Waals surface area (Å²) >= 11 is 0. The summed E-state index contributed by atoms with van der Waals surface area (Å²) in [6, 6.07) is 26.9. The normalized spacial score (nSPS) is 11.7. The highest BCUT2D eigenvalue weighted by molar-refractivity contribution is 7.92. The van der Waals surface area contributed by atoms with E-state index < -0.39 is 10.0 Å². The number of ketones is 1. The molecule has 4 aromatic rings. The Morgan fingerprint density at radius 3 is 1.98 bits per heavy atom. The standard InChI is InChI=1S/C34H36N2O4S/c1-23-10-19-31(20-24(23)2)36(41(6,39)40)22-25-11-13-27(14-12-25)33(38)35-30-9-7-8-28(21-30)32(37)26-15-17-29(18-16-26)34(3,4)5/h7-21H,22H2,1-6H3,(H,35,38). The van der Waals surface area contributed by atoms with E-state index in [2.05, 4.69) is 26.1 Å². The lowest BCUT2D eigenvalue weighted by Gasteiger charge is -2.23. The van der Waals surface area contributed by atoms with Crippen LogP contribution in [0.4, 0.5) is 11.4 Å². The molecular weight excluding hydrogens is 532 g/mol. The van der Waals surface area contributed by atoms with E-state index in [1.54, 1.807) is 54.6 Å². The van der Waals surface area contributed by atoms with Gasteiger partial charge in [0.1, 0.15) is 0 Å². The number of anilines is 2. The Morgan fingerprint density at radius 2 is 1.39 bits per heavy atom. The van der Waals surface area contributed by atoms with Gasteiger partial charge in [-0.2, -0.15) is 0 Å². The lowest BCUT2D eigenvalue weighted by molar-refractivity contribution is 0.102. The van der Waals surface area contributed by atoms with Crippen LogP contribution in [-0.2, 0) is 22.0 Å². The average molecular weight is 569 g/mol. The van der Waals surface area contributed by atoms with Gasteiger partial charge in [0.2, 0.25) is 10.0 Å². The Hall–Kier alpha value is -4.23. The zero-order chi connectivity index (χ0) is 29.9. The zero-order valence-electron chi connectivity index (χ0n) is 24.4. The van der Waals surface area contributed by atoms with Gasteiger partial charge in [-0.3, -0.25) is 13.9 Å². The van der Waals surface area contributed by atoms with Crippen molar-refractivity contribution >= 4 is 33.1 Å². The molecule has 0 aliphatic heterocycles. The summed E-state index contributed by atoms with van der Waals surface area (Å²) in [6.45, 7) is 10.4. The van der Waals surface area contributed by atoms with E-state index in [4.69, 9.17) is 0 Å². The maximum absolute atomic E-state index is 13.1. The minimum atomic E-state index is -3.53. The molecule has 0 unspecified atom stereocenters. The van der Waals surface area contributed by atoms with Gasteiger partial charge < -0.3 is 5.32 Å². The smallest absolute Gasteiger partial charge is 0.255 e. The molecule has 7 heteroatoms. The molecule has 4 rings (SSSR count). The molecule has 1 N–H and O–H groups in total. The van der Waals surface area contributed by atoms with Crippen molar-refractivity contribution in [2.24, 2.45) is 0 Å². The number of hydrogen-bond donors (Lipinski definition) is 1. The fraction of sp³-hybridized carbons (Fsp3) is 0.235. The number of amides is 1. The van der Waals surface area contributed by atoms with E-state index in [9.17, 15) is 18.0 Å². The second-order valence-corrected chi connectivity index (χ2v) is 13.3. The Kier molecular flexibility index (Phi) is 8.50. The SMILES string of the molecule is Cc1ccc(N(Cc2ccc(C(=O)Nc3cccc(C(=O)c4ccc(C(C)(C)C)cc4)c3)cc2)S(C)(=O)=O)cc1C. The molecule has 0 bridgehead atoms. The van der Waals surface area contributed by atoms with Crippen LogP contribution in [0.5, 0.6) is 0 Å². The summed E-state index contributed by atoms with van der Waals surface area (Å²) in [5.74, 6) is -0.449.